The fraction of sp³-hybridized carbons (Fsp3) is 0.409. The van der Waals surface area contributed by atoms with E-state index in [1.165, 1.54) is 17.5 Å². The van der Waals surface area contributed by atoms with E-state index in [0.717, 1.165) is 18.8 Å². The number of hydrogen-bond donors (Lipinski definition) is 1. The second-order valence-electron chi connectivity index (χ2n) is 7.50. The zero-order chi connectivity index (χ0) is 17.8. The van der Waals surface area contributed by atoms with E-state index in [1.807, 2.05) is 42.2 Å². The minimum absolute atomic E-state index is 0.200. The van der Waals surface area contributed by atoms with Crippen LogP contribution in [0.15, 0.2) is 54.6 Å². The first kappa shape index (κ1) is 17.5. The van der Waals surface area contributed by atoms with E-state index < -0.39 is 0 Å². The predicted molar refractivity (Wildman–Crippen MR) is 104 cm³/mol. The van der Waals surface area contributed by atoms with Gasteiger partial charge in [0.1, 0.15) is 6.04 Å². The average Bonchev–Trinajstić information content (AvgIpc) is 2.61. The van der Waals surface area contributed by atoms with Gasteiger partial charge in [0.05, 0.1) is 0 Å². The molecule has 2 aromatic rings. The van der Waals surface area contributed by atoms with Crippen molar-refractivity contribution in [3.8, 4) is 11.1 Å². The van der Waals surface area contributed by atoms with Gasteiger partial charge in [-0.05, 0) is 48.4 Å². The monoisotopic (exact) mass is 336 g/mol. The molecule has 3 nitrogen and oxygen atoms in total. The summed E-state index contributed by atoms with van der Waals surface area (Å²) in [6.45, 7) is 8.17. The van der Waals surface area contributed by atoms with Crippen LogP contribution in [0.3, 0.4) is 0 Å². The van der Waals surface area contributed by atoms with Gasteiger partial charge in [0, 0.05) is 18.8 Å². The van der Waals surface area contributed by atoms with Gasteiger partial charge in [0.25, 0.3) is 0 Å². The summed E-state index contributed by atoms with van der Waals surface area (Å²) in [4.78, 5) is 14.8. The molecule has 1 heterocycles. The number of carbonyl (C=O) groups excluding carboxylic acids is 1. The smallest absolute Gasteiger partial charge is 0.244 e. The molecule has 0 unspecified atom stereocenters. The molecule has 0 aliphatic carbocycles. The maximum atomic E-state index is 12.7. The normalized spacial score (nSPS) is 21.6. The summed E-state index contributed by atoms with van der Waals surface area (Å²) in [5.41, 5.74) is 3.37. The molecule has 0 radical (unpaired) electrons. The van der Waals surface area contributed by atoms with Crippen molar-refractivity contribution in [1.82, 2.24) is 4.90 Å². The minimum Gasteiger partial charge on any atom is -0.374 e. The second-order valence-corrected chi connectivity index (χ2v) is 7.50. The number of amides is 1. The molecular weight excluding hydrogens is 308 g/mol. The number of hydrogen-bond acceptors (Lipinski definition) is 2. The molecule has 1 aliphatic heterocycles. The molecule has 25 heavy (non-hydrogen) atoms. The topological polar surface area (TPSA) is 32.3 Å². The molecule has 2 aromatic carbocycles. The summed E-state index contributed by atoms with van der Waals surface area (Å²) < 4.78 is 0. The Morgan fingerprint density at radius 3 is 2.12 bits per heavy atom. The lowest BCUT2D eigenvalue weighted by Crippen LogP contribution is -2.48. The Morgan fingerprint density at radius 1 is 0.960 bits per heavy atom. The maximum Gasteiger partial charge on any atom is 0.244 e. The highest BCUT2D eigenvalue weighted by Crippen LogP contribution is 2.23. The molecule has 0 saturated carbocycles. The molecule has 1 fully saturated rings. The van der Waals surface area contributed by atoms with Crippen LogP contribution in [0.5, 0.6) is 0 Å². The number of anilines is 1. The van der Waals surface area contributed by atoms with Gasteiger partial charge in [0.15, 0.2) is 0 Å². The molecule has 3 heteroatoms. The van der Waals surface area contributed by atoms with E-state index in [2.05, 4.69) is 43.4 Å². The number of carbonyl (C=O) groups is 1. The van der Waals surface area contributed by atoms with Gasteiger partial charge in [-0.15, -0.1) is 0 Å². The molecule has 3 rings (SSSR count). The van der Waals surface area contributed by atoms with Gasteiger partial charge in [-0.25, -0.2) is 0 Å². The average molecular weight is 336 g/mol. The number of nitrogens with one attached hydrogen (secondary N) is 1. The van der Waals surface area contributed by atoms with Crippen LogP contribution in [0.2, 0.25) is 0 Å². The summed E-state index contributed by atoms with van der Waals surface area (Å²) in [6.07, 6.45) is 1.21. The third kappa shape index (κ3) is 4.41. The van der Waals surface area contributed by atoms with E-state index in [4.69, 9.17) is 0 Å². The summed E-state index contributed by atoms with van der Waals surface area (Å²) in [7, 11) is 0. The molecule has 0 bridgehead atoms. The number of nitrogens with zero attached hydrogens (tertiary/aromatic N) is 1. The fourth-order valence-corrected chi connectivity index (χ4v) is 3.82. The lowest BCUT2D eigenvalue weighted by molar-refractivity contribution is -0.134. The van der Waals surface area contributed by atoms with Crippen molar-refractivity contribution < 1.29 is 4.79 Å². The molecule has 3 atom stereocenters. The molecular formula is C22H28N2O. The molecule has 0 aromatic heterocycles. The number of rotatable bonds is 4. The lowest BCUT2D eigenvalue weighted by atomic mass is 9.91. The molecule has 1 aliphatic rings. The van der Waals surface area contributed by atoms with Crippen molar-refractivity contribution >= 4 is 11.6 Å². The molecule has 0 spiro atoms. The van der Waals surface area contributed by atoms with E-state index in [1.54, 1.807) is 0 Å². The SMILES string of the molecule is C[C@@H]1C[C@H](C)CN(C(=O)[C@H](C)Nc2ccc(-c3ccccc3)cc2)C1. The van der Waals surface area contributed by atoms with Crippen LogP contribution in [0.4, 0.5) is 5.69 Å². The van der Waals surface area contributed by atoms with Gasteiger partial charge in [0.2, 0.25) is 5.91 Å². The number of benzene rings is 2. The Hall–Kier alpha value is -2.29. The zero-order valence-electron chi connectivity index (χ0n) is 15.4. The van der Waals surface area contributed by atoms with E-state index in [-0.39, 0.29) is 11.9 Å². The van der Waals surface area contributed by atoms with E-state index in [9.17, 15) is 4.79 Å². The first-order chi connectivity index (χ1) is 12.0. The van der Waals surface area contributed by atoms with Gasteiger partial charge in [-0.1, -0.05) is 56.3 Å². The maximum absolute atomic E-state index is 12.7. The van der Waals surface area contributed by atoms with Gasteiger partial charge in [-0.3, -0.25) is 4.79 Å². The van der Waals surface area contributed by atoms with Gasteiger partial charge < -0.3 is 10.2 Å². The number of piperidine rings is 1. The van der Waals surface area contributed by atoms with Gasteiger partial charge in [-0.2, -0.15) is 0 Å². The van der Waals surface area contributed by atoms with Crippen LogP contribution < -0.4 is 5.32 Å². The summed E-state index contributed by atoms with van der Waals surface area (Å²) in [6, 6.07) is 18.4. The van der Waals surface area contributed by atoms with Crippen molar-refractivity contribution in [2.24, 2.45) is 11.8 Å². The Morgan fingerprint density at radius 2 is 1.52 bits per heavy atom. The zero-order valence-corrected chi connectivity index (χ0v) is 15.4. The van der Waals surface area contributed by atoms with Crippen LogP contribution >= 0.6 is 0 Å². The van der Waals surface area contributed by atoms with Crippen molar-refractivity contribution in [3.63, 3.8) is 0 Å². The first-order valence-electron chi connectivity index (χ1n) is 9.23. The van der Waals surface area contributed by atoms with Crippen LogP contribution in [0.1, 0.15) is 27.2 Å². The molecule has 1 N–H and O–H groups in total. The fourth-order valence-electron chi connectivity index (χ4n) is 3.82. The van der Waals surface area contributed by atoms with Crippen molar-refractivity contribution in [2.45, 2.75) is 33.2 Å². The molecule has 1 saturated heterocycles. The molecule has 132 valence electrons. The highest BCUT2D eigenvalue weighted by atomic mass is 16.2. The first-order valence-corrected chi connectivity index (χ1v) is 9.23. The summed E-state index contributed by atoms with van der Waals surface area (Å²) >= 11 is 0. The van der Waals surface area contributed by atoms with Gasteiger partial charge >= 0.3 is 0 Å². The second kappa shape index (κ2) is 7.73. The van der Waals surface area contributed by atoms with Crippen LogP contribution in [0, 0.1) is 11.8 Å². The third-order valence-electron chi connectivity index (χ3n) is 4.93. The lowest BCUT2D eigenvalue weighted by Gasteiger charge is -2.36. The van der Waals surface area contributed by atoms with Crippen molar-refractivity contribution in [2.75, 3.05) is 18.4 Å². The number of likely N-dealkylation sites (tertiary alicyclic amines) is 1. The van der Waals surface area contributed by atoms with E-state index in [0.29, 0.717) is 11.8 Å². The molecule has 1 amide bonds. The summed E-state index contributed by atoms with van der Waals surface area (Å²) in [5, 5.41) is 3.36. The Labute approximate surface area is 151 Å². The highest BCUT2D eigenvalue weighted by Gasteiger charge is 2.28. The van der Waals surface area contributed by atoms with Crippen molar-refractivity contribution in [1.29, 1.82) is 0 Å². The predicted octanol–water partition coefficient (Wildman–Crippen LogP) is 4.66. The van der Waals surface area contributed by atoms with Crippen LogP contribution in [-0.4, -0.2) is 29.9 Å². The Balaban J connectivity index is 1.62. The third-order valence-corrected chi connectivity index (χ3v) is 4.93. The summed E-state index contributed by atoms with van der Waals surface area (Å²) in [5.74, 6) is 1.38. The van der Waals surface area contributed by atoms with E-state index >= 15 is 0 Å². The largest absolute Gasteiger partial charge is 0.374 e. The quantitative estimate of drug-likeness (QED) is 0.881. The highest BCUT2D eigenvalue weighted by molar-refractivity contribution is 5.84. The minimum atomic E-state index is -0.208. The van der Waals surface area contributed by atoms with Crippen LogP contribution in [-0.2, 0) is 4.79 Å². The standard InChI is InChI=1S/C22H28N2O/c1-16-13-17(2)15-24(14-16)22(25)18(3)23-21-11-9-20(10-12-21)19-7-5-4-6-8-19/h4-12,16-18,23H,13-15H2,1-3H3/t16-,17+,18-/m0/s1. The Bertz CT molecular complexity index is 686. The van der Waals surface area contributed by atoms with Crippen molar-refractivity contribution in [3.05, 3.63) is 54.6 Å². The Kier molecular flexibility index (Phi) is 5.42. The van der Waals surface area contributed by atoms with Crippen LogP contribution in [0.25, 0.3) is 11.1 Å².